The molecule has 1 saturated heterocycles. The molecule has 0 atom stereocenters. The predicted octanol–water partition coefficient (Wildman–Crippen LogP) is -0.425. The summed E-state index contributed by atoms with van der Waals surface area (Å²) in [5, 5.41) is 2.51. The molecule has 4 heteroatoms. The van der Waals surface area contributed by atoms with Crippen LogP contribution in [0.1, 0.15) is 12.8 Å². The third kappa shape index (κ3) is 2.22. The Labute approximate surface area is 75.3 Å². The van der Waals surface area contributed by atoms with E-state index in [1.807, 2.05) is 0 Å². The molecule has 1 rings (SSSR count). The van der Waals surface area contributed by atoms with E-state index in [0.717, 1.165) is 6.42 Å². The van der Waals surface area contributed by atoms with Crippen LogP contribution in [0.15, 0.2) is 0 Å². The molecule has 1 heterocycles. The quantitative estimate of drug-likeness (QED) is 0.364. The van der Waals surface area contributed by atoms with Gasteiger partial charge in [-0.25, -0.2) is 0 Å². The topological polar surface area (TPSA) is 29.1 Å². The van der Waals surface area contributed by atoms with Gasteiger partial charge in [0.15, 0.2) is 0 Å². The van der Waals surface area contributed by atoms with Crippen LogP contribution >= 0.6 is 12.2 Å². The summed E-state index contributed by atoms with van der Waals surface area (Å²) >= 11 is 4.66. The van der Waals surface area contributed by atoms with Crippen LogP contribution in [0.25, 0.3) is 0 Å². The molecule has 1 aliphatic rings. The summed E-state index contributed by atoms with van der Waals surface area (Å²) < 4.78 is 0. The molecule has 1 N–H and O–H groups in total. The minimum atomic E-state index is 0. The van der Waals surface area contributed by atoms with Gasteiger partial charge in [0, 0.05) is 12.8 Å². The summed E-state index contributed by atoms with van der Waals surface area (Å²) in [6.07, 6.45) is 1.33. The van der Waals surface area contributed by atoms with Gasteiger partial charge >= 0.3 is 29.6 Å². The second-order valence-corrected chi connectivity index (χ2v) is 1.96. The zero-order valence-corrected chi connectivity index (χ0v) is 4.55. The first-order valence-corrected chi connectivity index (χ1v) is 2.52. The van der Waals surface area contributed by atoms with Crippen molar-refractivity contribution in [1.29, 1.82) is 0 Å². The number of carbonyl (C=O) groups is 1. The van der Waals surface area contributed by atoms with E-state index in [1.54, 1.807) is 0 Å². The second-order valence-electron chi connectivity index (χ2n) is 1.47. The van der Waals surface area contributed by atoms with Crippen LogP contribution in [0.2, 0.25) is 0 Å². The molecule has 0 unspecified atom stereocenters. The molecule has 0 saturated carbocycles. The van der Waals surface area contributed by atoms with Crippen LogP contribution < -0.4 is 5.32 Å². The van der Waals surface area contributed by atoms with E-state index in [2.05, 4.69) is 17.5 Å². The SMILES string of the molecule is O=C1CCC(=S)N1.[NaH]. The molecule has 2 nitrogen and oxygen atoms in total. The molecule has 0 radical (unpaired) electrons. The molecule has 0 aromatic rings. The summed E-state index contributed by atoms with van der Waals surface area (Å²) in [6, 6.07) is 0. The van der Waals surface area contributed by atoms with Gasteiger partial charge in [0.05, 0.1) is 4.99 Å². The molecular formula is C4H6NNaOS. The van der Waals surface area contributed by atoms with Crippen LogP contribution in [-0.2, 0) is 4.79 Å². The molecule has 0 aromatic heterocycles. The van der Waals surface area contributed by atoms with Crippen LogP contribution in [0.4, 0.5) is 0 Å². The van der Waals surface area contributed by atoms with Gasteiger partial charge in [0.1, 0.15) is 0 Å². The average molecular weight is 139 g/mol. The van der Waals surface area contributed by atoms with E-state index in [4.69, 9.17) is 0 Å². The fourth-order valence-electron chi connectivity index (χ4n) is 0.508. The van der Waals surface area contributed by atoms with Crippen LogP contribution in [-0.4, -0.2) is 40.5 Å². The van der Waals surface area contributed by atoms with Gasteiger partial charge in [-0.3, -0.25) is 4.79 Å². The normalized spacial score (nSPS) is 17.5. The molecule has 0 spiro atoms. The van der Waals surface area contributed by atoms with Crippen LogP contribution in [0.3, 0.4) is 0 Å². The van der Waals surface area contributed by atoms with Gasteiger partial charge in [-0.15, -0.1) is 0 Å². The first-order chi connectivity index (χ1) is 3.29. The van der Waals surface area contributed by atoms with Crippen molar-refractivity contribution in [3.05, 3.63) is 0 Å². The fourth-order valence-corrected chi connectivity index (χ4v) is 0.723. The van der Waals surface area contributed by atoms with E-state index in [-0.39, 0.29) is 35.5 Å². The number of hydrogen-bond donors (Lipinski definition) is 1. The summed E-state index contributed by atoms with van der Waals surface area (Å²) in [4.78, 5) is 10.9. The van der Waals surface area contributed by atoms with Gasteiger partial charge < -0.3 is 5.32 Å². The van der Waals surface area contributed by atoms with E-state index in [1.165, 1.54) is 0 Å². The van der Waals surface area contributed by atoms with Crippen molar-refractivity contribution < 1.29 is 4.79 Å². The summed E-state index contributed by atoms with van der Waals surface area (Å²) in [6.45, 7) is 0. The van der Waals surface area contributed by atoms with E-state index in [9.17, 15) is 4.79 Å². The molecular weight excluding hydrogens is 133 g/mol. The van der Waals surface area contributed by atoms with Gasteiger partial charge in [-0.2, -0.15) is 0 Å². The number of carbonyl (C=O) groups excluding carboxylic acids is 1. The summed E-state index contributed by atoms with van der Waals surface area (Å²) in [5.74, 6) is 0.0602. The standard InChI is InChI=1S/C4H5NOS.Na.H/c6-3-1-2-4(7)5-3;;/h1-2H2,(H,5,6,7);;. The fraction of sp³-hybridized carbons (Fsp3) is 0.500. The molecule has 1 fully saturated rings. The molecule has 1 aliphatic heterocycles. The summed E-state index contributed by atoms with van der Waals surface area (Å²) in [7, 11) is 0. The Kier molecular flexibility index (Phi) is 3.81. The zero-order chi connectivity index (χ0) is 5.28. The number of amides is 1. The first kappa shape index (κ1) is 8.56. The Morgan fingerprint density at radius 1 is 1.50 bits per heavy atom. The number of thiocarbonyl (C=S) groups is 1. The van der Waals surface area contributed by atoms with E-state index in [0.29, 0.717) is 11.4 Å². The van der Waals surface area contributed by atoms with Crippen LogP contribution in [0, 0.1) is 0 Å². The number of rotatable bonds is 0. The monoisotopic (exact) mass is 139 g/mol. The van der Waals surface area contributed by atoms with Crippen LogP contribution in [0.5, 0.6) is 0 Å². The second kappa shape index (κ2) is 3.56. The first-order valence-electron chi connectivity index (χ1n) is 2.12. The average Bonchev–Trinajstić information content (AvgIpc) is 1.87. The maximum atomic E-state index is 10.3. The third-order valence-corrected chi connectivity index (χ3v) is 1.16. The van der Waals surface area contributed by atoms with E-state index < -0.39 is 0 Å². The number of nitrogens with one attached hydrogen (secondary N) is 1. The van der Waals surface area contributed by atoms with Crippen molar-refractivity contribution in [3.8, 4) is 0 Å². The Bertz CT molecular complexity index is 111. The van der Waals surface area contributed by atoms with Gasteiger partial charge in [-0.05, 0) is 0 Å². The molecule has 0 bridgehead atoms. The molecule has 8 heavy (non-hydrogen) atoms. The van der Waals surface area contributed by atoms with Crippen molar-refractivity contribution in [3.63, 3.8) is 0 Å². The van der Waals surface area contributed by atoms with Crippen molar-refractivity contribution in [1.82, 2.24) is 5.32 Å². The molecule has 0 aromatic carbocycles. The Morgan fingerprint density at radius 2 is 2.12 bits per heavy atom. The molecule has 40 valence electrons. The van der Waals surface area contributed by atoms with E-state index >= 15 is 0 Å². The minimum absolute atomic E-state index is 0. The Hall–Kier alpha value is 0.560. The molecule has 1 amide bonds. The predicted molar refractivity (Wildman–Crippen MR) is 37.1 cm³/mol. The number of hydrogen-bond acceptors (Lipinski definition) is 2. The van der Waals surface area contributed by atoms with Gasteiger partial charge in [0.25, 0.3) is 0 Å². The maximum absolute atomic E-state index is 10.3. The van der Waals surface area contributed by atoms with Crippen molar-refractivity contribution in [2.45, 2.75) is 12.8 Å². The van der Waals surface area contributed by atoms with Crippen molar-refractivity contribution in [2.24, 2.45) is 0 Å². The van der Waals surface area contributed by atoms with Gasteiger partial charge in [-0.1, -0.05) is 12.2 Å². The summed E-state index contributed by atoms with van der Waals surface area (Å²) in [5.41, 5.74) is 0. The Balaban J connectivity index is 0.000000490. The van der Waals surface area contributed by atoms with Gasteiger partial charge in [0.2, 0.25) is 5.91 Å². The molecule has 0 aliphatic carbocycles. The van der Waals surface area contributed by atoms with Crippen molar-refractivity contribution >= 4 is 52.7 Å². The van der Waals surface area contributed by atoms with Crippen molar-refractivity contribution in [2.75, 3.05) is 0 Å². The zero-order valence-electron chi connectivity index (χ0n) is 3.73. The third-order valence-electron chi connectivity index (χ3n) is 0.858. The Morgan fingerprint density at radius 3 is 2.25 bits per heavy atom.